The number of nitrogens with one attached hydrogen (secondary N) is 1. The summed E-state index contributed by atoms with van der Waals surface area (Å²) in [4.78, 5) is 20.1. The van der Waals surface area contributed by atoms with E-state index >= 15 is 0 Å². The zero-order valence-corrected chi connectivity index (χ0v) is 10.8. The van der Waals surface area contributed by atoms with Crippen LogP contribution in [0, 0.1) is 20.2 Å². The van der Waals surface area contributed by atoms with E-state index in [0.29, 0.717) is 16.6 Å². The molecule has 0 fully saturated rings. The largest absolute Gasteiger partial charge is 0.308 e. The highest BCUT2D eigenvalue weighted by atomic mass is 79.9. The van der Waals surface area contributed by atoms with Crippen LogP contribution in [0.4, 0.5) is 11.4 Å². The summed E-state index contributed by atoms with van der Waals surface area (Å²) in [5, 5.41) is 24.3. The fourth-order valence-corrected chi connectivity index (χ4v) is 1.52. The average Bonchev–Trinajstić information content (AvgIpc) is 2.28. The third kappa shape index (κ3) is 3.90. The van der Waals surface area contributed by atoms with Gasteiger partial charge in [-0.05, 0) is 6.07 Å². The summed E-state index contributed by atoms with van der Waals surface area (Å²) in [5.74, 6) is 0. The first-order valence-corrected chi connectivity index (χ1v) is 5.67. The molecule has 8 heteroatoms. The van der Waals surface area contributed by atoms with Crippen LogP contribution in [0.15, 0.2) is 29.3 Å². The Morgan fingerprint density at radius 3 is 2.50 bits per heavy atom. The third-order valence-electron chi connectivity index (χ3n) is 2.11. The van der Waals surface area contributed by atoms with Crippen LogP contribution in [-0.4, -0.2) is 16.4 Å². The quantitative estimate of drug-likeness (QED) is 0.642. The zero-order chi connectivity index (χ0) is 13.7. The molecule has 18 heavy (non-hydrogen) atoms. The van der Waals surface area contributed by atoms with Gasteiger partial charge >= 0.3 is 0 Å². The van der Waals surface area contributed by atoms with E-state index in [0.717, 1.165) is 6.07 Å². The van der Waals surface area contributed by atoms with Crippen molar-refractivity contribution in [3.05, 3.63) is 55.1 Å². The van der Waals surface area contributed by atoms with Crippen LogP contribution >= 0.6 is 15.9 Å². The predicted molar refractivity (Wildman–Crippen MR) is 69.5 cm³/mol. The van der Waals surface area contributed by atoms with Gasteiger partial charge < -0.3 is 5.32 Å². The van der Waals surface area contributed by atoms with E-state index in [1.165, 1.54) is 12.1 Å². The number of hydrogen-bond donors (Lipinski definition) is 1. The number of non-ortho nitro benzene ring substituents is 1. The number of benzene rings is 1. The van der Waals surface area contributed by atoms with E-state index in [-0.39, 0.29) is 17.9 Å². The molecule has 0 aliphatic carbocycles. The van der Waals surface area contributed by atoms with Crippen molar-refractivity contribution in [2.24, 2.45) is 0 Å². The summed E-state index contributed by atoms with van der Waals surface area (Å²) in [5.41, 5.74) is -0.174. The van der Waals surface area contributed by atoms with E-state index in [9.17, 15) is 20.2 Å². The van der Waals surface area contributed by atoms with Gasteiger partial charge in [0.05, 0.1) is 15.9 Å². The highest BCUT2D eigenvalue weighted by Gasteiger charge is 2.18. The van der Waals surface area contributed by atoms with E-state index in [1.54, 1.807) is 0 Å². The Morgan fingerprint density at radius 1 is 1.33 bits per heavy atom. The molecule has 0 aliphatic rings. The summed E-state index contributed by atoms with van der Waals surface area (Å²) in [7, 11) is 0. The summed E-state index contributed by atoms with van der Waals surface area (Å²) in [6, 6.07) is 3.58. The van der Waals surface area contributed by atoms with Gasteiger partial charge in [-0.15, -0.1) is 0 Å². The first-order valence-electron chi connectivity index (χ1n) is 4.87. The molecule has 0 amide bonds. The standard InChI is InChI=1S/C10H10BrN3O4/c1-7(11)5-12-6-8-2-3-9(13(15)16)4-10(8)14(17)18/h2-4,12H,1,5-6H2. The topological polar surface area (TPSA) is 98.3 Å². The summed E-state index contributed by atoms with van der Waals surface area (Å²) in [6.07, 6.45) is 0. The maximum atomic E-state index is 10.8. The predicted octanol–water partition coefficient (Wildman–Crippen LogP) is 2.50. The van der Waals surface area contributed by atoms with Crippen molar-refractivity contribution in [2.75, 3.05) is 6.54 Å². The molecule has 0 saturated carbocycles. The Balaban J connectivity index is 2.93. The molecule has 0 saturated heterocycles. The number of hydrogen-bond acceptors (Lipinski definition) is 5. The normalized spacial score (nSPS) is 10.1. The average molecular weight is 316 g/mol. The molecule has 1 aromatic rings. The number of nitrogens with zero attached hydrogens (tertiary/aromatic N) is 2. The van der Waals surface area contributed by atoms with Gasteiger partial charge in [-0.2, -0.15) is 0 Å². The van der Waals surface area contributed by atoms with Gasteiger partial charge in [-0.25, -0.2) is 0 Å². The Morgan fingerprint density at radius 2 is 2.00 bits per heavy atom. The van der Waals surface area contributed by atoms with E-state index < -0.39 is 9.85 Å². The van der Waals surface area contributed by atoms with Crippen LogP contribution in [0.2, 0.25) is 0 Å². The molecule has 1 rings (SSSR count). The van der Waals surface area contributed by atoms with Gasteiger partial charge in [0.2, 0.25) is 0 Å². The molecule has 0 heterocycles. The van der Waals surface area contributed by atoms with Crippen molar-refractivity contribution in [3.63, 3.8) is 0 Å². The number of rotatable bonds is 6. The second kappa shape index (κ2) is 6.22. The molecule has 1 N–H and O–H groups in total. The molecular formula is C10H10BrN3O4. The molecule has 0 spiro atoms. The van der Waals surface area contributed by atoms with Crippen molar-refractivity contribution in [1.82, 2.24) is 5.32 Å². The molecule has 0 atom stereocenters. The molecule has 0 bridgehead atoms. The Kier molecular flexibility index (Phi) is 4.93. The second-order valence-electron chi connectivity index (χ2n) is 3.45. The van der Waals surface area contributed by atoms with Gasteiger partial charge in [0, 0.05) is 29.2 Å². The molecule has 96 valence electrons. The highest BCUT2D eigenvalue weighted by molar-refractivity contribution is 9.11. The lowest BCUT2D eigenvalue weighted by molar-refractivity contribution is -0.394. The maximum absolute atomic E-state index is 10.8. The molecule has 0 unspecified atom stereocenters. The minimum absolute atomic E-state index is 0.235. The summed E-state index contributed by atoms with van der Waals surface area (Å²) < 4.78 is 0.715. The number of nitro groups is 2. The Hall–Kier alpha value is -1.80. The van der Waals surface area contributed by atoms with Crippen LogP contribution in [0.25, 0.3) is 0 Å². The van der Waals surface area contributed by atoms with Gasteiger partial charge in [0.1, 0.15) is 0 Å². The third-order valence-corrected chi connectivity index (χ3v) is 2.39. The maximum Gasteiger partial charge on any atom is 0.280 e. The SMILES string of the molecule is C=C(Br)CNCc1ccc([N+](=O)[O-])cc1[N+](=O)[O-]. The van der Waals surface area contributed by atoms with Crippen molar-refractivity contribution in [2.45, 2.75) is 6.54 Å². The van der Waals surface area contributed by atoms with Crippen LogP contribution < -0.4 is 5.32 Å². The lowest BCUT2D eigenvalue weighted by Gasteiger charge is -2.04. The lowest BCUT2D eigenvalue weighted by Crippen LogP contribution is -2.15. The van der Waals surface area contributed by atoms with E-state index in [2.05, 4.69) is 27.8 Å². The highest BCUT2D eigenvalue weighted by Crippen LogP contribution is 2.24. The Labute approximate surface area is 111 Å². The first kappa shape index (κ1) is 14.3. The monoisotopic (exact) mass is 315 g/mol. The smallest absolute Gasteiger partial charge is 0.280 e. The molecular weight excluding hydrogens is 306 g/mol. The lowest BCUT2D eigenvalue weighted by atomic mass is 10.1. The van der Waals surface area contributed by atoms with Gasteiger partial charge in [-0.1, -0.05) is 22.5 Å². The number of halogens is 1. The Bertz CT molecular complexity index is 504. The minimum atomic E-state index is -0.662. The molecule has 0 aliphatic heterocycles. The first-order chi connectivity index (χ1) is 8.41. The zero-order valence-electron chi connectivity index (χ0n) is 9.26. The summed E-state index contributed by atoms with van der Waals surface area (Å²) in [6.45, 7) is 4.30. The van der Waals surface area contributed by atoms with E-state index in [1.807, 2.05) is 0 Å². The molecule has 0 aromatic heterocycles. The van der Waals surface area contributed by atoms with Crippen molar-refractivity contribution < 1.29 is 9.85 Å². The van der Waals surface area contributed by atoms with Crippen LogP contribution in [0.3, 0.4) is 0 Å². The minimum Gasteiger partial charge on any atom is -0.308 e. The van der Waals surface area contributed by atoms with Crippen LogP contribution in [0.1, 0.15) is 5.56 Å². The second-order valence-corrected chi connectivity index (χ2v) is 4.57. The fourth-order valence-electron chi connectivity index (χ4n) is 1.32. The van der Waals surface area contributed by atoms with Gasteiger partial charge in [-0.3, -0.25) is 20.2 Å². The van der Waals surface area contributed by atoms with E-state index in [4.69, 9.17) is 0 Å². The summed E-state index contributed by atoms with van der Waals surface area (Å²) >= 11 is 3.15. The van der Waals surface area contributed by atoms with Crippen molar-refractivity contribution >= 4 is 27.3 Å². The van der Waals surface area contributed by atoms with Gasteiger partial charge in [0.15, 0.2) is 0 Å². The molecule has 7 nitrogen and oxygen atoms in total. The fraction of sp³-hybridized carbons (Fsp3) is 0.200. The number of nitro benzene ring substituents is 2. The molecule has 1 aromatic carbocycles. The molecule has 0 radical (unpaired) electrons. The van der Waals surface area contributed by atoms with Crippen molar-refractivity contribution in [3.8, 4) is 0 Å². The van der Waals surface area contributed by atoms with Gasteiger partial charge in [0.25, 0.3) is 11.4 Å². The van der Waals surface area contributed by atoms with Crippen LogP contribution in [-0.2, 0) is 6.54 Å². The van der Waals surface area contributed by atoms with Crippen LogP contribution in [0.5, 0.6) is 0 Å². The van der Waals surface area contributed by atoms with Crippen molar-refractivity contribution in [1.29, 1.82) is 0 Å².